The van der Waals surface area contributed by atoms with Crippen LogP contribution in [0.1, 0.15) is 118 Å². The van der Waals surface area contributed by atoms with Gasteiger partial charge < -0.3 is 10.2 Å². The molecule has 0 spiro atoms. The summed E-state index contributed by atoms with van der Waals surface area (Å²) in [4.78, 5) is 11.1. The van der Waals surface area contributed by atoms with Gasteiger partial charge in [0.15, 0.2) is 0 Å². The van der Waals surface area contributed by atoms with Crippen LogP contribution in [0.2, 0.25) is 0 Å². The van der Waals surface area contributed by atoms with E-state index in [0.29, 0.717) is 29.6 Å². The van der Waals surface area contributed by atoms with Crippen LogP contribution >= 0.6 is 0 Å². The van der Waals surface area contributed by atoms with E-state index in [1.807, 2.05) is 13.8 Å². The van der Waals surface area contributed by atoms with E-state index in [4.69, 9.17) is 5.11 Å². The summed E-state index contributed by atoms with van der Waals surface area (Å²) in [7, 11) is 0. The largest absolute Gasteiger partial charge is 0.481 e. The smallest absolute Gasteiger partial charge is 0.303 e. The maximum atomic E-state index is 11.1. The summed E-state index contributed by atoms with van der Waals surface area (Å²) in [6, 6.07) is 0. The van der Waals surface area contributed by atoms with Gasteiger partial charge in [-0.3, -0.25) is 4.79 Å². The molecule has 8 atom stereocenters. The van der Waals surface area contributed by atoms with Crippen molar-refractivity contribution in [3.8, 4) is 0 Å². The van der Waals surface area contributed by atoms with Gasteiger partial charge in [0.25, 0.3) is 0 Å². The van der Waals surface area contributed by atoms with Crippen LogP contribution in [0.5, 0.6) is 0 Å². The molecule has 0 saturated heterocycles. The second kappa shape index (κ2) is 10.1. The molecule has 3 aliphatic rings. The Hall–Kier alpha value is -0.570. The Morgan fingerprint density at radius 3 is 2.42 bits per heavy atom. The van der Waals surface area contributed by atoms with E-state index in [2.05, 4.69) is 20.8 Å². The second-order valence-electron chi connectivity index (χ2n) is 12.8. The summed E-state index contributed by atoms with van der Waals surface area (Å²) in [5, 5.41) is 19.5. The number of hydrogen-bond acceptors (Lipinski definition) is 2. The highest BCUT2D eigenvalue weighted by atomic mass is 16.4. The van der Waals surface area contributed by atoms with Crippen LogP contribution in [0.4, 0.5) is 0 Å². The fourth-order valence-corrected chi connectivity index (χ4v) is 8.55. The van der Waals surface area contributed by atoms with Crippen molar-refractivity contribution >= 4 is 5.97 Å². The van der Waals surface area contributed by atoms with Crippen LogP contribution in [0.25, 0.3) is 0 Å². The molecule has 180 valence electrons. The molecule has 2 N–H and O–H groups in total. The number of aliphatic carboxylic acids is 1. The summed E-state index contributed by atoms with van der Waals surface area (Å²) in [5.74, 6) is 4.65. The fourth-order valence-electron chi connectivity index (χ4n) is 8.55. The van der Waals surface area contributed by atoms with Crippen LogP contribution in [0.15, 0.2) is 0 Å². The first kappa shape index (κ1) is 25.1. The van der Waals surface area contributed by atoms with E-state index in [1.165, 1.54) is 64.2 Å². The van der Waals surface area contributed by atoms with Crippen molar-refractivity contribution in [3.63, 3.8) is 0 Å². The van der Waals surface area contributed by atoms with Gasteiger partial charge in [-0.1, -0.05) is 52.9 Å². The highest BCUT2D eigenvalue weighted by Crippen LogP contribution is 2.63. The molecule has 0 aliphatic heterocycles. The minimum absolute atomic E-state index is 0.327. The molecule has 0 aromatic heterocycles. The quantitative estimate of drug-likeness (QED) is 0.460. The zero-order valence-corrected chi connectivity index (χ0v) is 21.0. The average molecular weight is 435 g/mol. The van der Waals surface area contributed by atoms with Gasteiger partial charge in [-0.25, -0.2) is 0 Å². The average Bonchev–Trinajstić information content (AvgIpc) is 3.03. The Morgan fingerprint density at radius 1 is 1.03 bits per heavy atom. The number of carboxylic acids is 1. The summed E-state index contributed by atoms with van der Waals surface area (Å²) in [6.07, 6.45) is 15.5. The van der Waals surface area contributed by atoms with Crippen molar-refractivity contribution in [2.75, 3.05) is 0 Å². The number of carboxylic acid groups (broad SMARTS) is 1. The minimum Gasteiger partial charge on any atom is -0.481 e. The number of rotatable bonds is 6. The Morgan fingerprint density at radius 2 is 1.74 bits per heavy atom. The molecular formula is C28H50O3. The summed E-state index contributed by atoms with van der Waals surface area (Å²) in [5.41, 5.74) is -0.115. The minimum atomic E-state index is -0.640. The van der Waals surface area contributed by atoms with Crippen LogP contribution in [0, 0.1) is 46.8 Å². The van der Waals surface area contributed by atoms with Crippen LogP contribution in [0.3, 0.4) is 0 Å². The zero-order chi connectivity index (χ0) is 22.8. The number of aliphatic hydroxyl groups is 1. The molecule has 3 nitrogen and oxygen atoms in total. The van der Waals surface area contributed by atoms with Gasteiger partial charge in [-0.2, -0.15) is 0 Å². The highest BCUT2D eigenvalue weighted by Gasteiger charge is 2.55. The maximum Gasteiger partial charge on any atom is 0.303 e. The van der Waals surface area contributed by atoms with E-state index in [1.54, 1.807) is 0 Å². The SMILES string of the molecule is CC1CCC(CC(C)(C)O)CCCCC2[C@@H]1CCC1(C)[C@@H]([C@H](C)CCC(=O)O)CC[C@@H]21. The first-order chi connectivity index (χ1) is 14.5. The lowest BCUT2D eigenvalue weighted by molar-refractivity contribution is -0.137. The Labute approximate surface area is 191 Å². The van der Waals surface area contributed by atoms with Gasteiger partial charge in [0.2, 0.25) is 0 Å². The molecule has 3 rings (SSSR count). The molecule has 31 heavy (non-hydrogen) atoms. The second-order valence-corrected chi connectivity index (χ2v) is 12.8. The lowest BCUT2D eigenvalue weighted by Gasteiger charge is -2.52. The molecule has 0 amide bonds. The zero-order valence-electron chi connectivity index (χ0n) is 21.0. The molecule has 3 fully saturated rings. The van der Waals surface area contributed by atoms with E-state index in [0.717, 1.165) is 36.5 Å². The molecule has 3 aliphatic carbocycles. The lowest BCUT2D eigenvalue weighted by atomic mass is 9.53. The van der Waals surface area contributed by atoms with Crippen LogP contribution in [-0.4, -0.2) is 21.8 Å². The van der Waals surface area contributed by atoms with Gasteiger partial charge in [0, 0.05) is 6.42 Å². The Balaban J connectivity index is 1.68. The van der Waals surface area contributed by atoms with E-state index in [9.17, 15) is 9.90 Å². The molecule has 0 radical (unpaired) electrons. The van der Waals surface area contributed by atoms with Gasteiger partial charge in [0.1, 0.15) is 0 Å². The Kier molecular flexibility index (Phi) is 8.20. The van der Waals surface area contributed by atoms with Crippen molar-refractivity contribution in [2.24, 2.45) is 46.8 Å². The van der Waals surface area contributed by atoms with Crippen molar-refractivity contribution in [2.45, 2.75) is 124 Å². The number of fused-ring (bicyclic) bond motifs is 3. The Bertz CT molecular complexity index is 594. The molecule has 0 heterocycles. The van der Waals surface area contributed by atoms with Gasteiger partial charge in [0.05, 0.1) is 5.60 Å². The van der Waals surface area contributed by atoms with Crippen molar-refractivity contribution < 1.29 is 15.0 Å². The topological polar surface area (TPSA) is 57.5 Å². The maximum absolute atomic E-state index is 11.1. The third kappa shape index (κ3) is 6.06. The highest BCUT2D eigenvalue weighted by molar-refractivity contribution is 5.66. The van der Waals surface area contributed by atoms with E-state index < -0.39 is 11.6 Å². The van der Waals surface area contributed by atoms with Gasteiger partial charge in [-0.05, 0) is 106 Å². The predicted molar refractivity (Wildman–Crippen MR) is 128 cm³/mol. The standard InChI is InChI=1S/C28H50O3/c1-19-10-12-21(18-27(3,4)31)8-6-7-9-23-22(19)16-17-28(5)24(13-14-25(23)28)20(2)11-15-26(29)30/h19-25,31H,6-18H2,1-5H3,(H,29,30)/t19?,20-,21?,22-,23?,24-,25+,28?/m1/s1. The number of hydrogen-bond donors (Lipinski definition) is 2. The molecule has 0 aromatic carbocycles. The molecule has 0 aromatic rings. The normalized spacial score (nSPS) is 40.6. The summed E-state index contributed by atoms with van der Waals surface area (Å²) in [6.45, 7) is 11.4. The first-order valence-electron chi connectivity index (χ1n) is 13.5. The van der Waals surface area contributed by atoms with Crippen LogP contribution < -0.4 is 0 Å². The molecule has 0 bridgehead atoms. The molecule has 4 unspecified atom stereocenters. The fraction of sp³-hybridized carbons (Fsp3) is 0.964. The molecule has 3 saturated carbocycles. The summed E-state index contributed by atoms with van der Waals surface area (Å²) >= 11 is 0. The van der Waals surface area contributed by atoms with Gasteiger partial charge in [-0.15, -0.1) is 0 Å². The molecule has 3 heteroatoms. The summed E-state index contributed by atoms with van der Waals surface area (Å²) < 4.78 is 0. The third-order valence-electron chi connectivity index (χ3n) is 10.0. The van der Waals surface area contributed by atoms with E-state index in [-0.39, 0.29) is 0 Å². The van der Waals surface area contributed by atoms with Crippen molar-refractivity contribution in [3.05, 3.63) is 0 Å². The van der Waals surface area contributed by atoms with Crippen LogP contribution in [-0.2, 0) is 4.79 Å². The molecular weight excluding hydrogens is 384 g/mol. The predicted octanol–water partition coefficient (Wildman–Crippen LogP) is 7.31. The number of carbonyl (C=O) groups is 1. The monoisotopic (exact) mass is 434 g/mol. The van der Waals surface area contributed by atoms with Gasteiger partial charge >= 0.3 is 5.97 Å². The van der Waals surface area contributed by atoms with Crippen molar-refractivity contribution in [1.82, 2.24) is 0 Å². The van der Waals surface area contributed by atoms with E-state index >= 15 is 0 Å². The lowest BCUT2D eigenvalue weighted by Crippen LogP contribution is -2.44. The first-order valence-corrected chi connectivity index (χ1v) is 13.5. The third-order valence-corrected chi connectivity index (χ3v) is 10.0. The van der Waals surface area contributed by atoms with Crippen molar-refractivity contribution in [1.29, 1.82) is 0 Å².